The van der Waals surface area contributed by atoms with Crippen LogP contribution in [0.5, 0.6) is 0 Å². The molecule has 1 heterocycles. The second-order valence-corrected chi connectivity index (χ2v) is 7.07. The Bertz CT molecular complexity index is 1190. The summed E-state index contributed by atoms with van der Waals surface area (Å²) >= 11 is 6.30. The summed E-state index contributed by atoms with van der Waals surface area (Å²) in [6, 6.07) is 18.4. The summed E-state index contributed by atoms with van der Waals surface area (Å²) in [5, 5.41) is 11.9. The van der Waals surface area contributed by atoms with Crippen LogP contribution < -0.4 is 5.73 Å². The molecule has 27 heavy (non-hydrogen) atoms. The Morgan fingerprint density at radius 2 is 2.00 bits per heavy atom. The normalized spacial score (nSPS) is 11.4. The number of benzene rings is 3. The van der Waals surface area contributed by atoms with Crippen LogP contribution in [0.25, 0.3) is 21.8 Å². The molecule has 0 spiro atoms. The Morgan fingerprint density at radius 3 is 2.70 bits per heavy atom. The molecule has 3 aromatic carbocycles. The Labute approximate surface area is 161 Å². The fourth-order valence-electron chi connectivity index (χ4n) is 3.48. The van der Waals surface area contributed by atoms with E-state index in [1.165, 1.54) is 0 Å². The highest BCUT2D eigenvalue weighted by molar-refractivity contribution is 6.31. The van der Waals surface area contributed by atoms with Gasteiger partial charge >= 0.3 is 0 Å². The third-order valence-electron chi connectivity index (χ3n) is 4.88. The minimum absolute atomic E-state index is 0.0764. The second-order valence-electron chi connectivity index (χ2n) is 6.66. The Balaban J connectivity index is 2.02. The van der Waals surface area contributed by atoms with E-state index in [2.05, 4.69) is 10.6 Å². The number of nitrogens with zero attached hydrogens (tertiary/aromatic N) is 1. The molecule has 0 aliphatic rings. The van der Waals surface area contributed by atoms with Crippen molar-refractivity contribution in [3.63, 3.8) is 0 Å². The Hall–Kier alpha value is -2.82. The van der Waals surface area contributed by atoms with Gasteiger partial charge in [-0.25, -0.2) is 0 Å². The first kappa shape index (κ1) is 17.6. The highest BCUT2D eigenvalue weighted by atomic mass is 35.5. The van der Waals surface area contributed by atoms with E-state index in [-0.39, 0.29) is 6.61 Å². The minimum atomic E-state index is -0.474. The van der Waals surface area contributed by atoms with Gasteiger partial charge in [-0.15, -0.1) is 0 Å². The second kappa shape index (κ2) is 6.72. The number of hydrogen-bond donors (Lipinski definition) is 2. The van der Waals surface area contributed by atoms with Crippen LogP contribution in [0.15, 0.2) is 48.5 Å². The number of aliphatic hydroxyl groups is 1. The van der Waals surface area contributed by atoms with Crippen LogP contribution in [-0.4, -0.2) is 15.6 Å². The zero-order valence-corrected chi connectivity index (χ0v) is 15.5. The molecule has 1 aromatic heterocycles. The van der Waals surface area contributed by atoms with Gasteiger partial charge in [0, 0.05) is 27.9 Å². The number of amides is 1. The molecule has 0 unspecified atom stereocenters. The van der Waals surface area contributed by atoms with Gasteiger partial charge in [0.05, 0.1) is 17.6 Å². The van der Waals surface area contributed by atoms with E-state index in [4.69, 9.17) is 17.3 Å². The Kier molecular flexibility index (Phi) is 4.38. The first-order chi connectivity index (χ1) is 13.0. The van der Waals surface area contributed by atoms with E-state index in [9.17, 15) is 9.90 Å². The predicted molar refractivity (Wildman–Crippen MR) is 108 cm³/mol. The number of carbonyl (C=O) groups excluding carboxylic acids is 1. The van der Waals surface area contributed by atoms with Gasteiger partial charge in [-0.2, -0.15) is 0 Å². The molecule has 135 valence electrons. The fraction of sp³-hybridized carbons (Fsp3) is 0.136. The monoisotopic (exact) mass is 377 g/mol. The Morgan fingerprint density at radius 1 is 1.19 bits per heavy atom. The molecule has 4 aromatic rings. The molecular formula is C22H18ClN2O2. The lowest BCUT2D eigenvalue weighted by Crippen LogP contribution is -2.11. The average molecular weight is 378 g/mol. The number of aromatic nitrogens is 1. The molecule has 1 radical (unpaired) electrons. The van der Waals surface area contributed by atoms with Gasteiger partial charge < -0.3 is 15.4 Å². The van der Waals surface area contributed by atoms with Crippen LogP contribution in [0.2, 0.25) is 5.02 Å². The van der Waals surface area contributed by atoms with Gasteiger partial charge in [0.15, 0.2) is 0 Å². The maximum Gasteiger partial charge on any atom is 0.249 e. The molecule has 0 bridgehead atoms. The minimum Gasteiger partial charge on any atom is -0.392 e. The van der Waals surface area contributed by atoms with Crippen molar-refractivity contribution in [2.45, 2.75) is 20.1 Å². The van der Waals surface area contributed by atoms with Crippen LogP contribution >= 0.6 is 11.6 Å². The first-order valence-corrected chi connectivity index (χ1v) is 8.98. The predicted octanol–water partition coefficient (Wildman–Crippen LogP) is 4.20. The van der Waals surface area contributed by atoms with E-state index in [1.807, 2.05) is 43.3 Å². The number of fused-ring (bicyclic) bond motifs is 3. The highest BCUT2D eigenvalue weighted by Crippen LogP contribution is 2.33. The van der Waals surface area contributed by atoms with Crippen LogP contribution in [0.3, 0.4) is 0 Å². The van der Waals surface area contributed by atoms with E-state index in [0.29, 0.717) is 17.1 Å². The van der Waals surface area contributed by atoms with Crippen molar-refractivity contribution in [2.75, 3.05) is 0 Å². The maximum absolute atomic E-state index is 12.0. The number of aliphatic hydroxyl groups excluding tert-OH is 1. The number of halogens is 1. The molecule has 0 fully saturated rings. The third kappa shape index (κ3) is 2.97. The number of carbonyl (C=O) groups is 1. The van der Waals surface area contributed by atoms with Crippen LogP contribution in [0, 0.1) is 13.0 Å². The zero-order chi connectivity index (χ0) is 19.1. The summed E-state index contributed by atoms with van der Waals surface area (Å²) < 4.78 is 2.10. The van der Waals surface area contributed by atoms with Crippen molar-refractivity contribution in [2.24, 2.45) is 5.73 Å². The molecule has 5 heteroatoms. The quantitative estimate of drug-likeness (QED) is 0.559. The van der Waals surface area contributed by atoms with E-state index < -0.39 is 5.91 Å². The van der Waals surface area contributed by atoms with Gasteiger partial charge in [0.2, 0.25) is 5.91 Å². The van der Waals surface area contributed by atoms with Crippen molar-refractivity contribution in [1.29, 1.82) is 0 Å². The van der Waals surface area contributed by atoms with Crippen molar-refractivity contribution >= 4 is 39.3 Å². The molecule has 0 atom stereocenters. The summed E-state index contributed by atoms with van der Waals surface area (Å²) in [4.78, 5) is 12.0. The molecule has 3 N–H and O–H groups in total. The van der Waals surface area contributed by atoms with E-state index >= 15 is 0 Å². The lowest BCUT2D eigenvalue weighted by atomic mass is 10.0. The number of nitrogens with two attached hydrogens (primary N) is 1. The van der Waals surface area contributed by atoms with Crippen molar-refractivity contribution < 1.29 is 9.90 Å². The lowest BCUT2D eigenvalue weighted by molar-refractivity contribution is 0.100. The largest absolute Gasteiger partial charge is 0.392 e. The van der Waals surface area contributed by atoms with Crippen LogP contribution in [0.1, 0.15) is 27.0 Å². The van der Waals surface area contributed by atoms with Gasteiger partial charge in [-0.05, 0) is 60.0 Å². The maximum atomic E-state index is 12.0. The molecule has 0 aliphatic carbocycles. The fourth-order valence-corrected chi connectivity index (χ4v) is 3.69. The molecule has 0 saturated heterocycles. The van der Waals surface area contributed by atoms with Gasteiger partial charge in [0.25, 0.3) is 0 Å². The number of hydrogen-bond acceptors (Lipinski definition) is 2. The summed E-state index contributed by atoms with van der Waals surface area (Å²) in [5.74, 6) is -0.474. The van der Waals surface area contributed by atoms with Gasteiger partial charge in [-0.3, -0.25) is 4.79 Å². The summed E-state index contributed by atoms with van der Waals surface area (Å²) in [7, 11) is 0. The number of primary amides is 1. The molecule has 0 saturated carbocycles. The SMILES string of the molecule is Cc1ccc(Cn2c3cc(CO)c[c]c3c3c(C(N)=O)cccc32)cc1Cl. The van der Waals surface area contributed by atoms with Crippen molar-refractivity contribution in [1.82, 2.24) is 4.57 Å². The smallest absolute Gasteiger partial charge is 0.249 e. The van der Waals surface area contributed by atoms with E-state index in [0.717, 1.165) is 38.5 Å². The summed E-state index contributed by atoms with van der Waals surface area (Å²) in [6.07, 6.45) is 0. The summed E-state index contributed by atoms with van der Waals surface area (Å²) in [6.45, 7) is 2.46. The first-order valence-electron chi connectivity index (χ1n) is 8.61. The van der Waals surface area contributed by atoms with Crippen molar-refractivity contribution in [3.8, 4) is 0 Å². The number of rotatable bonds is 4. The lowest BCUT2D eigenvalue weighted by Gasteiger charge is -2.10. The number of aryl methyl sites for hydroxylation is 1. The topological polar surface area (TPSA) is 68.2 Å². The molecule has 4 rings (SSSR count). The molecular weight excluding hydrogens is 360 g/mol. The van der Waals surface area contributed by atoms with Crippen molar-refractivity contribution in [3.05, 3.63) is 81.9 Å². The van der Waals surface area contributed by atoms with Crippen LogP contribution in [-0.2, 0) is 13.2 Å². The van der Waals surface area contributed by atoms with E-state index in [1.54, 1.807) is 12.1 Å². The summed E-state index contributed by atoms with van der Waals surface area (Å²) in [5.41, 5.74) is 10.7. The third-order valence-corrected chi connectivity index (χ3v) is 5.29. The average Bonchev–Trinajstić information content (AvgIpc) is 2.97. The zero-order valence-electron chi connectivity index (χ0n) is 14.8. The van der Waals surface area contributed by atoms with Crippen LogP contribution in [0.4, 0.5) is 0 Å². The standard InChI is InChI=1S/C22H18ClN2O2/c1-13-5-6-14(9-18(13)23)11-25-19-4-2-3-17(22(24)27)21(19)16-8-7-15(12-26)10-20(16)25/h2-7,9-10,26H,11-12H2,1H3,(H2,24,27). The van der Waals surface area contributed by atoms with Gasteiger partial charge in [0.1, 0.15) is 0 Å². The molecule has 1 amide bonds. The van der Waals surface area contributed by atoms with Gasteiger partial charge in [-0.1, -0.05) is 29.8 Å². The molecule has 0 aliphatic heterocycles. The molecule has 4 nitrogen and oxygen atoms in total. The highest BCUT2D eigenvalue weighted by Gasteiger charge is 2.17.